The number of rotatable bonds is 5. The van der Waals surface area contributed by atoms with Crippen LogP contribution in [0.1, 0.15) is 15.4 Å². The molecule has 0 N–H and O–H groups in total. The van der Waals surface area contributed by atoms with Gasteiger partial charge in [-0.15, -0.1) is 11.3 Å². The van der Waals surface area contributed by atoms with Crippen LogP contribution in [0.15, 0.2) is 29.6 Å². The third-order valence-corrected chi connectivity index (χ3v) is 3.21. The molecule has 20 heavy (non-hydrogen) atoms. The highest BCUT2D eigenvalue weighted by atomic mass is 32.1. The van der Waals surface area contributed by atoms with E-state index in [0.717, 1.165) is 4.88 Å². The summed E-state index contributed by atoms with van der Waals surface area (Å²) in [7, 11) is 1.21. The number of carbonyl (C=O) groups is 1. The summed E-state index contributed by atoms with van der Waals surface area (Å²) in [6.07, 6.45) is 0. The Morgan fingerprint density at radius 2 is 2.25 bits per heavy atom. The van der Waals surface area contributed by atoms with Crippen LogP contribution in [0.2, 0.25) is 0 Å². The second kappa shape index (κ2) is 6.11. The normalized spacial score (nSPS) is 10.1. The lowest BCUT2D eigenvalue weighted by Crippen LogP contribution is -2.07. The van der Waals surface area contributed by atoms with Gasteiger partial charge in [0, 0.05) is 10.9 Å². The number of nitrogens with zero attached hydrogens (tertiary/aromatic N) is 2. The van der Waals surface area contributed by atoms with Crippen molar-refractivity contribution in [1.29, 1.82) is 0 Å². The Bertz CT molecular complexity index is 627. The number of esters is 1. The van der Waals surface area contributed by atoms with E-state index in [4.69, 9.17) is 4.74 Å². The van der Waals surface area contributed by atoms with Gasteiger partial charge >= 0.3 is 11.7 Å². The Morgan fingerprint density at radius 1 is 1.45 bits per heavy atom. The van der Waals surface area contributed by atoms with Crippen LogP contribution in [-0.2, 0) is 11.3 Å². The molecule has 0 atom stereocenters. The Hall–Kier alpha value is -2.48. The summed E-state index contributed by atoms with van der Waals surface area (Å²) in [5.41, 5.74) is -0.339. The molecular formula is C12H10N2O5S. The molecule has 0 radical (unpaired) electrons. The minimum absolute atomic E-state index is 0.0423. The maximum atomic E-state index is 11.4. The Labute approximate surface area is 117 Å². The van der Waals surface area contributed by atoms with Gasteiger partial charge in [0.2, 0.25) is 0 Å². The summed E-state index contributed by atoms with van der Waals surface area (Å²) in [5.74, 6) is -0.882. The molecule has 0 saturated carbocycles. The molecule has 2 rings (SSSR count). The Balaban J connectivity index is 2.26. The van der Waals surface area contributed by atoms with Gasteiger partial charge in [0.05, 0.1) is 12.0 Å². The van der Waals surface area contributed by atoms with E-state index in [2.05, 4.69) is 9.72 Å². The monoisotopic (exact) mass is 294 g/mol. The first-order valence-electron chi connectivity index (χ1n) is 5.50. The van der Waals surface area contributed by atoms with Gasteiger partial charge in [0.25, 0.3) is 5.88 Å². The van der Waals surface area contributed by atoms with Gasteiger partial charge in [-0.1, -0.05) is 6.07 Å². The molecule has 2 aromatic heterocycles. The second-order valence-electron chi connectivity index (χ2n) is 3.64. The number of nitro groups is 1. The first-order valence-corrected chi connectivity index (χ1v) is 6.38. The van der Waals surface area contributed by atoms with E-state index < -0.39 is 10.9 Å². The number of hydrogen-bond acceptors (Lipinski definition) is 7. The molecule has 0 aromatic carbocycles. The minimum Gasteiger partial charge on any atom is -0.467 e. The average molecular weight is 294 g/mol. The molecule has 0 saturated heterocycles. The number of pyridine rings is 1. The SMILES string of the molecule is COC(=O)c1ccc([N+](=O)[O-])c(OCc2cccs2)n1. The van der Waals surface area contributed by atoms with Crippen molar-refractivity contribution in [2.45, 2.75) is 6.61 Å². The number of hydrogen-bond donors (Lipinski definition) is 0. The van der Waals surface area contributed by atoms with Crippen LogP contribution in [0.3, 0.4) is 0 Å². The van der Waals surface area contributed by atoms with Gasteiger partial charge in [-0.25, -0.2) is 9.78 Å². The number of carbonyl (C=O) groups excluding carboxylic acids is 1. The molecule has 2 aromatic rings. The van der Waals surface area contributed by atoms with Crippen molar-refractivity contribution >= 4 is 23.0 Å². The first kappa shape index (κ1) is 13.9. The summed E-state index contributed by atoms with van der Waals surface area (Å²) in [6, 6.07) is 6.07. The Kier molecular flexibility index (Phi) is 4.26. The van der Waals surface area contributed by atoms with Crippen LogP contribution in [0, 0.1) is 10.1 Å². The maximum Gasteiger partial charge on any atom is 0.356 e. The molecule has 0 spiro atoms. The fourth-order valence-corrected chi connectivity index (χ4v) is 2.05. The molecule has 8 heteroatoms. The first-order chi connectivity index (χ1) is 9.61. The van der Waals surface area contributed by atoms with Crippen molar-refractivity contribution in [3.8, 4) is 5.88 Å². The van der Waals surface area contributed by atoms with E-state index in [1.165, 1.54) is 30.6 Å². The standard InChI is InChI=1S/C12H10N2O5S/c1-18-12(15)9-4-5-10(14(16)17)11(13-9)19-7-8-3-2-6-20-8/h2-6H,7H2,1H3. The van der Waals surface area contributed by atoms with E-state index in [-0.39, 0.29) is 23.9 Å². The average Bonchev–Trinajstić information content (AvgIpc) is 2.97. The molecule has 0 amide bonds. The molecule has 2 heterocycles. The number of aromatic nitrogens is 1. The molecule has 0 bridgehead atoms. The predicted molar refractivity (Wildman–Crippen MR) is 70.9 cm³/mol. The van der Waals surface area contributed by atoms with Gasteiger partial charge in [0.1, 0.15) is 6.61 Å². The molecule has 0 fully saturated rings. The van der Waals surface area contributed by atoms with Crippen molar-refractivity contribution < 1.29 is 19.2 Å². The smallest absolute Gasteiger partial charge is 0.356 e. The van der Waals surface area contributed by atoms with Crippen molar-refractivity contribution in [2.75, 3.05) is 7.11 Å². The molecule has 7 nitrogen and oxygen atoms in total. The van der Waals surface area contributed by atoms with Crippen LogP contribution in [-0.4, -0.2) is 23.0 Å². The lowest BCUT2D eigenvalue weighted by Gasteiger charge is -2.06. The fourth-order valence-electron chi connectivity index (χ4n) is 1.43. The largest absolute Gasteiger partial charge is 0.467 e. The molecule has 0 aliphatic carbocycles. The molecular weight excluding hydrogens is 284 g/mol. The second-order valence-corrected chi connectivity index (χ2v) is 4.67. The summed E-state index contributed by atoms with van der Waals surface area (Å²) in [4.78, 5) is 26.4. The number of thiophene rings is 1. The van der Waals surface area contributed by atoms with Crippen LogP contribution < -0.4 is 4.74 Å². The van der Waals surface area contributed by atoms with E-state index in [1.54, 1.807) is 0 Å². The van der Waals surface area contributed by atoms with Gasteiger partial charge in [-0.2, -0.15) is 0 Å². The molecule has 0 aliphatic rings. The zero-order chi connectivity index (χ0) is 14.5. The highest BCUT2D eigenvalue weighted by Gasteiger charge is 2.20. The molecule has 104 valence electrons. The summed E-state index contributed by atoms with van der Waals surface area (Å²) in [6.45, 7) is 0.149. The lowest BCUT2D eigenvalue weighted by molar-refractivity contribution is -0.386. The highest BCUT2D eigenvalue weighted by molar-refractivity contribution is 7.09. The van der Waals surface area contributed by atoms with Crippen molar-refractivity contribution in [1.82, 2.24) is 4.98 Å². The van der Waals surface area contributed by atoms with E-state index >= 15 is 0 Å². The molecule has 0 aliphatic heterocycles. The van der Waals surface area contributed by atoms with Gasteiger partial charge in [0.15, 0.2) is 5.69 Å². The highest BCUT2D eigenvalue weighted by Crippen LogP contribution is 2.26. The molecule has 0 unspecified atom stereocenters. The topological polar surface area (TPSA) is 91.6 Å². The summed E-state index contributed by atoms with van der Waals surface area (Å²) < 4.78 is 9.85. The Morgan fingerprint density at radius 3 is 2.85 bits per heavy atom. The zero-order valence-electron chi connectivity index (χ0n) is 10.4. The quantitative estimate of drug-likeness (QED) is 0.477. The summed E-state index contributed by atoms with van der Waals surface area (Å²) in [5, 5.41) is 12.8. The van der Waals surface area contributed by atoms with Gasteiger partial charge in [-0.3, -0.25) is 10.1 Å². The van der Waals surface area contributed by atoms with E-state index in [9.17, 15) is 14.9 Å². The van der Waals surface area contributed by atoms with Crippen LogP contribution >= 0.6 is 11.3 Å². The zero-order valence-corrected chi connectivity index (χ0v) is 11.3. The predicted octanol–water partition coefficient (Wildman–Crippen LogP) is 2.42. The number of ether oxygens (including phenoxy) is 2. The summed E-state index contributed by atoms with van der Waals surface area (Å²) >= 11 is 1.46. The maximum absolute atomic E-state index is 11.4. The lowest BCUT2D eigenvalue weighted by atomic mass is 10.3. The van der Waals surface area contributed by atoms with Gasteiger partial charge in [-0.05, 0) is 17.5 Å². The van der Waals surface area contributed by atoms with Crippen molar-refractivity contribution in [2.24, 2.45) is 0 Å². The third kappa shape index (κ3) is 3.09. The van der Waals surface area contributed by atoms with E-state index in [0.29, 0.717) is 0 Å². The van der Waals surface area contributed by atoms with Gasteiger partial charge < -0.3 is 9.47 Å². The van der Waals surface area contributed by atoms with Crippen molar-refractivity contribution in [3.05, 3.63) is 50.3 Å². The fraction of sp³-hybridized carbons (Fsp3) is 0.167. The third-order valence-electron chi connectivity index (χ3n) is 2.36. The minimum atomic E-state index is -0.680. The van der Waals surface area contributed by atoms with Crippen LogP contribution in [0.5, 0.6) is 5.88 Å². The van der Waals surface area contributed by atoms with Crippen LogP contribution in [0.4, 0.5) is 5.69 Å². The van der Waals surface area contributed by atoms with E-state index in [1.807, 2.05) is 17.5 Å². The van der Waals surface area contributed by atoms with Crippen LogP contribution in [0.25, 0.3) is 0 Å². The van der Waals surface area contributed by atoms with Crippen molar-refractivity contribution in [3.63, 3.8) is 0 Å². The number of methoxy groups -OCH3 is 1.